The fourth-order valence-corrected chi connectivity index (χ4v) is 4.35. The van der Waals surface area contributed by atoms with Gasteiger partial charge in [-0.25, -0.2) is 4.79 Å². The van der Waals surface area contributed by atoms with E-state index >= 15 is 0 Å². The molecule has 0 saturated carbocycles. The lowest BCUT2D eigenvalue weighted by atomic mass is 9.94. The molecule has 0 aliphatic carbocycles. The van der Waals surface area contributed by atoms with E-state index in [1.54, 1.807) is 50.2 Å². The van der Waals surface area contributed by atoms with Crippen LogP contribution < -0.4 is 4.90 Å². The van der Waals surface area contributed by atoms with Crippen LogP contribution in [0, 0.1) is 6.92 Å². The molecule has 3 aromatic rings. The van der Waals surface area contributed by atoms with E-state index in [9.17, 15) is 19.5 Å². The number of anilines is 1. The lowest BCUT2D eigenvalue weighted by molar-refractivity contribution is -0.132. The van der Waals surface area contributed by atoms with E-state index in [0.29, 0.717) is 22.4 Å². The van der Waals surface area contributed by atoms with E-state index in [1.807, 2.05) is 50.2 Å². The highest BCUT2D eigenvalue weighted by Crippen LogP contribution is 2.42. The summed E-state index contributed by atoms with van der Waals surface area (Å²) in [6.45, 7) is 7.49. The standard InChI is InChI=1S/C30H29NO5/c1-5-20-9-11-21(12-10-20)27(32)25-26(23-8-6-7-19(4)17-23)31(29(34)28(25)33)24-15-13-22(14-16-24)30(35)36-18(2)3/h6-18,26,32H,5H2,1-4H3/b27-25+. The van der Waals surface area contributed by atoms with Gasteiger partial charge in [0.1, 0.15) is 5.76 Å². The average molecular weight is 484 g/mol. The van der Waals surface area contributed by atoms with E-state index < -0.39 is 23.7 Å². The van der Waals surface area contributed by atoms with Crippen molar-refractivity contribution in [2.75, 3.05) is 4.90 Å². The van der Waals surface area contributed by atoms with Crippen LogP contribution in [0.25, 0.3) is 5.76 Å². The number of benzene rings is 3. The molecule has 0 bridgehead atoms. The van der Waals surface area contributed by atoms with Crippen LogP contribution in [0.1, 0.15) is 59.4 Å². The largest absolute Gasteiger partial charge is 0.507 e. The minimum atomic E-state index is -0.829. The highest BCUT2D eigenvalue weighted by atomic mass is 16.5. The maximum absolute atomic E-state index is 13.3. The molecule has 0 spiro atoms. The van der Waals surface area contributed by atoms with Crippen molar-refractivity contribution in [3.63, 3.8) is 0 Å². The Hall–Kier alpha value is -4.19. The molecular formula is C30H29NO5. The van der Waals surface area contributed by atoms with Gasteiger partial charge in [-0.2, -0.15) is 0 Å². The Morgan fingerprint density at radius 1 is 0.972 bits per heavy atom. The molecule has 1 amide bonds. The van der Waals surface area contributed by atoms with Crippen LogP contribution in [0.15, 0.2) is 78.4 Å². The lowest BCUT2D eigenvalue weighted by Gasteiger charge is -2.26. The first-order chi connectivity index (χ1) is 17.2. The Morgan fingerprint density at radius 3 is 2.19 bits per heavy atom. The zero-order valence-electron chi connectivity index (χ0n) is 20.8. The minimum Gasteiger partial charge on any atom is -0.507 e. The van der Waals surface area contributed by atoms with E-state index in [0.717, 1.165) is 17.5 Å². The van der Waals surface area contributed by atoms with Crippen molar-refractivity contribution >= 4 is 29.1 Å². The number of amides is 1. The van der Waals surface area contributed by atoms with Crippen LogP contribution >= 0.6 is 0 Å². The third kappa shape index (κ3) is 4.80. The van der Waals surface area contributed by atoms with Crippen LogP contribution in [0.3, 0.4) is 0 Å². The molecule has 1 unspecified atom stereocenters. The molecule has 6 heteroatoms. The molecule has 1 aliphatic heterocycles. The van der Waals surface area contributed by atoms with Crippen molar-refractivity contribution in [1.29, 1.82) is 0 Å². The number of carbonyl (C=O) groups is 3. The summed E-state index contributed by atoms with van der Waals surface area (Å²) >= 11 is 0. The summed E-state index contributed by atoms with van der Waals surface area (Å²) < 4.78 is 5.24. The van der Waals surface area contributed by atoms with Crippen molar-refractivity contribution in [1.82, 2.24) is 0 Å². The topological polar surface area (TPSA) is 83.9 Å². The third-order valence-electron chi connectivity index (χ3n) is 6.16. The van der Waals surface area contributed by atoms with Crippen LogP contribution in [0.5, 0.6) is 0 Å². The number of ether oxygens (including phenoxy) is 1. The molecule has 0 aromatic heterocycles. The van der Waals surface area contributed by atoms with Crippen molar-refractivity contribution in [3.05, 3.63) is 106 Å². The van der Waals surface area contributed by atoms with Crippen molar-refractivity contribution in [2.45, 2.75) is 46.3 Å². The molecule has 0 radical (unpaired) electrons. The summed E-state index contributed by atoms with van der Waals surface area (Å²) in [5.74, 6) is -2.20. The van der Waals surface area contributed by atoms with Gasteiger partial charge in [0.25, 0.3) is 11.7 Å². The molecule has 184 valence electrons. The number of hydrogen-bond acceptors (Lipinski definition) is 5. The average Bonchev–Trinajstić information content (AvgIpc) is 3.13. The molecule has 1 N–H and O–H groups in total. The zero-order chi connectivity index (χ0) is 26.0. The number of Topliss-reactive ketones (excluding diaryl/α,β-unsaturated/α-hetero) is 1. The maximum Gasteiger partial charge on any atom is 0.338 e. The van der Waals surface area contributed by atoms with Gasteiger partial charge in [-0.15, -0.1) is 0 Å². The summed E-state index contributed by atoms with van der Waals surface area (Å²) in [4.78, 5) is 40.3. The predicted molar refractivity (Wildman–Crippen MR) is 139 cm³/mol. The van der Waals surface area contributed by atoms with E-state index in [1.165, 1.54) is 4.90 Å². The van der Waals surface area contributed by atoms with E-state index in [4.69, 9.17) is 4.74 Å². The first-order valence-corrected chi connectivity index (χ1v) is 12.0. The second kappa shape index (κ2) is 10.2. The second-order valence-corrected chi connectivity index (χ2v) is 9.13. The number of hydrogen-bond donors (Lipinski definition) is 1. The summed E-state index contributed by atoms with van der Waals surface area (Å²) in [7, 11) is 0. The molecule has 4 rings (SSSR count). The van der Waals surface area contributed by atoms with Gasteiger partial charge in [-0.1, -0.05) is 61.0 Å². The van der Waals surface area contributed by atoms with Gasteiger partial charge in [-0.3, -0.25) is 14.5 Å². The SMILES string of the molecule is CCc1ccc(/C(O)=C2\C(=O)C(=O)N(c3ccc(C(=O)OC(C)C)cc3)C2c2cccc(C)c2)cc1. The fraction of sp³-hybridized carbons (Fsp3) is 0.233. The molecular weight excluding hydrogens is 454 g/mol. The molecule has 1 aliphatic rings. The second-order valence-electron chi connectivity index (χ2n) is 9.13. The van der Waals surface area contributed by atoms with Gasteiger partial charge in [0, 0.05) is 11.3 Å². The van der Waals surface area contributed by atoms with Crippen LogP contribution in [0.4, 0.5) is 5.69 Å². The number of carbonyl (C=O) groups excluding carboxylic acids is 3. The maximum atomic E-state index is 13.3. The van der Waals surface area contributed by atoms with Crippen molar-refractivity contribution in [3.8, 4) is 0 Å². The van der Waals surface area contributed by atoms with Crippen LogP contribution in [-0.2, 0) is 20.7 Å². The van der Waals surface area contributed by atoms with E-state index in [-0.39, 0.29) is 17.4 Å². The van der Waals surface area contributed by atoms with Gasteiger partial charge in [0.05, 0.1) is 23.3 Å². The molecule has 3 aromatic carbocycles. The summed E-state index contributed by atoms with van der Waals surface area (Å²) in [5, 5.41) is 11.3. The molecule has 1 heterocycles. The Kier molecular flexibility index (Phi) is 7.06. The number of rotatable bonds is 6. The smallest absolute Gasteiger partial charge is 0.338 e. The van der Waals surface area contributed by atoms with Crippen LogP contribution in [0.2, 0.25) is 0 Å². The highest BCUT2D eigenvalue weighted by Gasteiger charge is 2.47. The van der Waals surface area contributed by atoms with E-state index in [2.05, 4.69) is 0 Å². The summed E-state index contributed by atoms with van der Waals surface area (Å²) in [6, 6.07) is 20.3. The number of aliphatic hydroxyl groups excluding tert-OH is 1. The number of aliphatic hydroxyl groups is 1. The minimum absolute atomic E-state index is 0.0261. The van der Waals surface area contributed by atoms with Gasteiger partial charge in [0.2, 0.25) is 0 Å². The highest BCUT2D eigenvalue weighted by molar-refractivity contribution is 6.51. The summed E-state index contributed by atoms with van der Waals surface area (Å²) in [6.07, 6.45) is 0.581. The molecule has 1 fully saturated rings. The fourth-order valence-electron chi connectivity index (χ4n) is 4.35. The molecule has 36 heavy (non-hydrogen) atoms. The molecule has 1 atom stereocenters. The Balaban J connectivity index is 1.83. The third-order valence-corrected chi connectivity index (χ3v) is 6.16. The van der Waals surface area contributed by atoms with Gasteiger partial charge >= 0.3 is 5.97 Å². The monoisotopic (exact) mass is 483 g/mol. The quantitative estimate of drug-likeness (QED) is 0.209. The number of esters is 1. The predicted octanol–water partition coefficient (Wildman–Crippen LogP) is 5.75. The first-order valence-electron chi connectivity index (χ1n) is 12.0. The van der Waals surface area contributed by atoms with Crippen LogP contribution in [-0.4, -0.2) is 28.9 Å². The Bertz CT molecular complexity index is 1340. The molecule has 6 nitrogen and oxygen atoms in total. The normalized spacial score (nSPS) is 17.0. The Morgan fingerprint density at radius 2 is 1.61 bits per heavy atom. The molecule has 1 saturated heterocycles. The van der Waals surface area contributed by atoms with Crippen molar-refractivity contribution < 1.29 is 24.2 Å². The summed E-state index contributed by atoms with van der Waals surface area (Å²) in [5.41, 5.74) is 4.02. The lowest BCUT2D eigenvalue weighted by Crippen LogP contribution is -2.29. The first kappa shape index (κ1) is 24.9. The Labute approximate surface area is 210 Å². The van der Waals surface area contributed by atoms with Gasteiger partial charge < -0.3 is 9.84 Å². The number of ketones is 1. The van der Waals surface area contributed by atoms with Gasteiger partial charge in [0.15, 0.2) is 0 Å². The number of nitrogens with zero attached hydrogens (tertiary/aromatic N) is 1. The number of aryl methyl sites for hydroxylation is 2. The van der Waals surface area contributed by atoms with Crippen molar-refractivity contribution in [2.24, 2.45) is 0 Å². The van der Waals surface area contributed by atoms with Gasteiger partial charge in [-0.05, 0) is 62.6 Å². The zero-order valence-corrected chi connectivity index (χ0v) is 20.8.